The number of carbonyl (C=O) groups excluding carboxylic acids is 2. The number of nitrogens with one attached hydrogen (secondary N) is 1. The van der Waals surface area contributed by atoms with E-state index < -0.39 is 15.8 Å². The van der Waals surface area contributed by atoms with Crippen LogP contribution in [0.15, 0.2) is 51.8 Å². The second-order valence-electron chi connectivity index (χ2n) is 5.70. The van der Waals surface area contributed by atoms with Gasteiger partial charge in [0.1, 0.15) is 5.82 Å². The summed E-state index contributed by atoms with van der Waals surface area (Å²) in [5.74, 6) is -1.34. The molecule has 1 aliphatic rings. The van der Waals surface area contributed by atoms with Gasteiger partial charge in [-0.15, -0.1) is 0 Å². The molecule has 1 heterocycles. The third-order valence-corrected chi connectivity index (χ3v) is 5.74. The van der Waals surface area contributed by atoms with Crippen molar-refractivity contribution in [3.05, 3.63) is 52.8 Å². The maximum atomic E-state index is 13.9. The number of halogens is 2. The van der Waals surface area contributed by atoms with E-state index in [-0.39, 0.29) is 35.2 Å². The fourth-order valence-corrected chi connectivity index (χ4v) is 3.99. The lowest BCUT2D eigenvalue weighted by molar-refractivity contribution is -0.129. The largest absolute Gasteiger partial charge is 0.277 e. The minimum Gasteiger partial charge on any atom is -0.277 e. The molecule has 0 radical (unpaired) electrons. The van der Waals surface area contributed by atoms with E-state index in [9.17, 15) is 22.4 Å². The van der Waals surface area contributed by atoms with Crippen LogP contribution in [-0.4, -0.2) is 20.2 Å². The first-order chi connectivity index (χ1) is 12.3. The maximum absolute atomic E-state index is 13.9. The van der Waals surface area contributed by atoms with Crippen LogP contribution < -0.4 is 9.62 Å². The molecule has 0 aromatic heterocycles. The maximum Gasteiger partial charge on any atom is 0.261 e. The summed E-state index contributed by atoms with van der Waals surface area (Å²) in [5, 5.41) is 0. The summed E-state index contributed by atoms with van der Waals surface area (Å²) in [7, 11) is -4.02. The minimum absolute atomic E-state index is 0.111. The number of carbonyl (C=O) groups is 2. The van der Waals surface area contributed by atoms with Crippen molar-refractivity contribution in [3.63, 3.8) is 0 Å². The normalized spacial score (nSPS) is 15.2. The Morgan fingerprint density at radius 3 is 2.19 bits per heavy atom. The molecule has 136 valence electrons. The molecule has 0 unspecified atom stereocenters. The highest BCUT2D eigenvalue weighted by molar-refractivity contribution is 9.10. The van der Waals surface area contributed by atoms with Gasteiger partial charge in [-0.05, 0) is 48.9 Å². The summed E-state index contributed by atoms with van der Waals surface area (Å²) in [6.07, 6.45) is 1.07. The molecule has 0 spiro atoms. The van der Waals surface area contributed by atoms with Gasteiger partial charge in [-0.2, -0.15) is 0 Å². The highest BCUT2D eigenvalue weighted by Crippen LogP contribution is 2.26. The lowest BCUT2D eigenvalue weighted by Crippen LogP contribution is -2.40. The zero-order chi connectivity index (χ0) is 18.9. The van der Waals surface area contributed by atoms with Gasteiger partial charge in [-0.1, -0.05) is 15.9 Å². The summed E-state index contributed by atoms with van der Waals surface area (Å²) < 4.78 is 41.3. The Morgan fingerprint density at radius 1 is 1.00 bits per heavy atom. The molecule has 1 saturated heterocycles. The summed E-state index contributed by atoms with van der Waals surface area (Å²) in [6.45, 7) is 0. The minimum atomic E-state index is -4.02. The number of anilines is 2. The molecule has 1 fully saturated rings. The quantitative estimate of drug-likeness (QED) is 0.738. The van der Waals surface area contributed by atoms with Gasteiger partial charge in [0, 0.05) is 17.3 Å². The molecule has 0 atom stereocenters. The van der Waals surface area contributed by atoms with E-state index >= 15 is 0 Å². The molecular formula is C17H14BrFN2O4S. The predicted molar refractivity (Wildman–Crippen MR) is 97.7 cm³/mol. The summed E-state index contributed by atoms with van der Waals surface area (Å²) in [6, 6.07) is 9.26. The van der Waals surface area contributed by atoms with Gasteiger partial charge in [0.05, 0.1) is 16.3 Å². The molecular weight excluding hydrogens is 427 g/mol. The first kappa shape index (κ1) is 18.5. The number of hydrogen-bond acceptors (Lipinski definition) is 4. The fraction of sp³-hybridized carbons (Fsp3) is 0.176. The van der Waals surface area contributed by atoms with E-state index in [2.05, 4.69) is 20.7 Å². The molecule has 6 nitrogen and oxygen atoms in total. The van der Waals surface area contributed by atoms with Crippen LogP contribution in [0.4, 0.5) is 15.8 Å². The molecule has 0 bridgehead atoms. The number of imide groups is 1. The van der Waals surface area contributed by atoms with Crippen LogP contribution >= 0.6 is 15.9 Å². The van der Waals surface area contributed by atoms with Crippen LogP contribution in [0.25, 0.3) is 0 Å². The van der Waals surface area contributed by atoms with Crippen LogP contribution in [0.2, 0.25) is 0 Å². The van der Waals surface area contributed by atoms with Gasteiger partial charge in [0.25, 0.3) is 10.0 Å². The molecule has 1 aliphatic heterocycles. The van der Waals surface area contributed by atoms with E-state index in [4.69, 9.17) is 0 Å². The van der Waals surface area contributed by atoms with Crippen molar-refractivity contribution >= 4 is 49.1 Å². The standard InChI is InChI=1S/C17H14BrFN2O4S/c18-11-4-9-15(14(19)10-11)20-26(24,25)13-7-5-12(6-8-13)21-16(22)2-1-3-17(21)23/h4-10,20H,1-3H2. The van der Waals surface area contributed by atoms with E-state index in [1.54, 1.807) is 0 Å². The Hall–Kier alpha value is -2.26. The molecule has 3 rings (SSSR count). The average Bonchev–Trinajstić information content (AvgIpc) is 2.58. The number of piperidine rings is 1. The Bertz CT molecular complexity index is 961. The second kappa shape index (κ2) is 7.16. The number of hydrogen-bond donors (Lipinski definition) is 1. The van der Waals surface area contributed by atoms with Gasteiger partial charge in [-0.25, -0.2) is 12.8 Å². The predicted octanol–water partition coefficient (Wildman–Crippen LogP) is 3.43. The van der Waals surface area contributed by atoms with Crippen molar-refractivity contribution in [1.82, 2.24) is 0 Å². The average molecular weight is 441 g/mol. The second-order valence-corrected chi connectivity index (χ2v) is 8.30. The number of rotatable bonds is 4. The van der Waals surface area contributed by atoms with E-state index in [0.29, 0.717) is 16.6 Å². The fourth-order valence-electron chi connectivity index (χ4n) is 2.59. The Morgan fingerprint density at radius 2 is 1.62 bits per heavy atom. The number of benzene rings is 2. The molecule has 26 heavy (non-hydrogen) atoms. The zero-order valence-corrected chi connectivity index (χ0v) is 15.8. The van der Waals surface area contributed by atoms with Gasteiger partial charge in [-0.3, -0.25) is 19.2 Å². The van der Waals surface area contributed by atoms with E-state index in [0.717, 1.165) is 11.0 Å². The monoisotopic (exact) mass is 440 g/mol. The zero-order valence-electron chi connectivity index (χ0n) is 13.4. The molecule has 1 N–H and O–H groups in total. The van der Waals surface area contributed by atoms with E-state index in [1.807, 2.05) is 0 Å². The van der Waals surface area contributed by atoms with Crippen LogP contribution in [0.5, 0.6) is 0 Å². The third kappa shape index (κ3) is 3.78. The Labute approximate surface area is 158 Å². The van der Waals surface area contributed by atoms with Crippen molar-refractivity contribution in [3.8, 4) is 0 Å². The SMILES string of the molecule is O=C1CCCC(=O)N1c1ccc(S(=O)(=O)Nc2ccc(Br)cc2F)cc1. The highest BCUT2D eigenvalue weighted by Gasteiger charge is 2.27. The number of amides is 2. The molecule has 9 heteroatoms. The summed E-state index contributed by atoms with van der Waals surface area (Å²) >= 11 is 3.10. The van der Waals surface area contributed by atoms with Crippen LogP contribution in [-0.2, 0) is 19.6 Å². The lowest BCUT2D eigenvalue weighted by Gasteiger charge is -2.24. The van der Waals surface area contributed by atoms with Crippen LogP contribution in [0, 0.1) is 5.82 Å². The van der Waals surface area contributed by atoms with Crippen LogP contribution in [0.3, 0.4) is 0 Å². The Kier molecular flexibility index (Phi) is 5.10. The molecule has 2 aromatic rings. The topological polar surface area (TPSA) is 83.6 Å². The van der Waals surface area contributed by atoms with Gasteiger partial charge in [0.15, 0.2) is 0 Å². The van der Waals surface area contributed by atoms with Crippen LogP contribution in [0.1, 0.15) is 19.3 Å². The Balaban J connectivity index is 1.85. The summed E-state index contributed by atoms with van der Waals surface area (Å²) in [5.41, 5.74) is 0.132. The van der Waals surface area contributed by atoms with Crippen molar-refractivity contribution in [2.24, 2.45) is 0 Å². The van der Waals surface area contributed by atoms with Crippen molar-refractivity contribution in [2.75, 3.05) is 9.62 Å². The molecule has 2 amide bonds. The number of sulfonamides is 1. The molecule has 0 aliphatic carbocycles. The third-order valence-electron chi connectivity index (χ3n) is 3.86. The van der Waals surface area contributed by atoms with Crippen molar-refractivity contribution in [1.29, 1.82) is 0 Å². The first-order valence-electron chi connectivity index (χ1n) is 7.72. The van der Waals surface area contributed by atoms with Crippen molar-refractivity contribution in [2.45, 2.75) is 24.2 Å². The number of nitrogens with zero attached hydrogens (tertiary/aromatic N) is 1. The molecule has 2 aromatic carbocycles. The smallest absolute Gasteiger partial charge is 0.261 e. The molecule has 0 saturated carbocycles. The van der Waals surface area contributed by atoms with Gasteiger partial charge < -0.3 is 0 Å². The van der Waals surface area contributed by atoms with E-state index in [1.165, 1.54) is 36.4 Å². The van der Waals surface area contributed by atoms with Gasteiger partial charge in [0.2, 0.25) is 11.8 Å². The lowest BCUT2D eigenvalue weighted by atomic mass is 10.1. The van der Waals surface area contributed by atoms with Crippen molar-refractivity contribution < 1.29 is 22.4 Å². The summed E-state index contributed by atoms with van der Waals surface area (Å²) in [4.78, 5) is 24.8. The first-order valence-corrected chi connectivity index (χ1v) is 9.99. The van der Waals surface area contributed by atoms with Gasteiger partial charge >= 0.3 is 0 Å². The highest BCUT2D eigenvalue weighted by atomic mass is 79.9.